The molecule has 0 fully saturated rings. The molecule has 2 unspecified atom stereocenters. The van der Waals surface area contributed by atoms with Gasteiger partial charge in [0.15, 0.2) is 0 Å². The first-order valence-electron chi connectivity index (χ1n) is 11.7. The number of para-hydroxylation sites is 1. The highest BCUT2D eigenvalue weighted by Crippen LogP contribution is 2.49. The fourth-order valence-electron chi connectivity index (χ4n) is 4.75. The lowest BCUT2D eigenvalue weighted by molar-refractivity contribution is 0.156. The summed E-state index contributed by atoms with van der Waals surface area (Å²) >= 11 is 0. The highest BCUT2D eigenvalue weighted by Gasteiger charge is 2.43. The number of rotatable bonds is 5. The van der Waals surface area contributed by atoms with Gasteiger partial charge in [-0.1, -0.05) is 103 Å². The molecule has 5 rings (SSSR count). The van der Waals surface area contributed by atoms with Crippen LogP contribution in [-0.2, 0) is 6.42 Å². The summed E-state index contributed by atoms with van der Waals surface area (Å²) in [5.41, 5.74) is 8.53. The predicted octanol–water partition coefficient (Wildman–Crippen LogP) is 8.09. The van der Waals surface area contributed by atoms with Crippen molar-refractivity contribution in [2.24, 2.45) is 0 Å². The lowest BCUT2D eigenvalue weighted by Crippen LogP contribution is -2.32. The fraction of sp³-hybridized carbons (Fsp3) is 0.188. The van der Waals surface area contributed by atoms with E-state index in [1.54, 1.807) is 0 Å². The van der Waals surface area contributed by atoms with Crippen molar-refractivity contribution < 1.29 is 4.74 Å². The first-order chi connectivity index (χ1) is 16.0. The molecular weight excluding hydrogens is 400 g/mol. The van der Waals surface area contributed by atoms with Crippen LogP contribution < -0.4 is 4.74 Å². The number of benzene rings is 3. The van der Waals surface area contributed by atoms with Gasteiger partial charge in [0.2, 0.25) is 0 Å². The van der Waals surface area contributed by atoms with E-state index in [1.807, 2.05) is 6.07 Å². The van der Waals surface area contributed by atoms with E-state index >= 15 is 0 Å². The van der Waals surface area contributed by atoms with Crippen LogP contribution in [0.1, 0.15) is 47.6 Å². The van der Waals surface area contributed by atoms with Crippen LogP contribution in [0.15, 0.2) is 109 Å². The zero-order chi connectivity index (χ0) is 22.8. The number of ether oxygens (including phenoxy) is 1. The molecule has 0 aromatic heterocycles. The van der Waals surface area contributed by atoms with Gasteiger partial charge in [0.1, 0.15) is 11.4 Å². The third-order valence-electron chi connectivity index (χ3n) is 6.74. The summed E-state index contributed by atoms with van der Waals surface area (Å²) in [5, 5.41) is 0. The zero-order valence-corrected chi connectivity index (χ0v) is 19.6. The minimum absolute atomic E-state index is 0.272. The molecule has 0 radical (unpaired) electrons. The van der Waals surface area contributed by atoms with Crippen LogP contribution in [0.25, 0.3) is 11.1 Å². The molecule has 0 spiro atoms. The van der Waals surface area contributed by atoms with Crippen molar-refractivity contribution in [1.29, 1.82) is 0 Å². The SMILES string of the molecule is C/C(=C\C=C/Cc1ccc(C)cc1)c1ccc(C2=CC3(C)Oc4ccccc4C3C=C2)cc1. The molecule has 1 aliphatic carbocycles. The molecular formula is C32H30O. The van der Waals surface area contributed by atoms with Crippen LogP contribution in [0.3, 0.4) is 0 Å². The Bertz CT molecular complexity index is 1270. The standard InChI is InChI=1S/C32H30O/c1-23-12-14-25(15-13-23)9-5-4-8-24(2)26-16-18-27(19-17-26)28-20-21-30-29-10-6-7-11-31(29)33-32(30,3)22-28/h4-8,10-22,30H,9H2,1-3H3/b5-4-,24-8+. The maximum Gasteiger partial charge on any atom is 0.136 e. The van der Waals surface area contributed by atoms with Crippen molar-refractivity contribution in [3.05, 3.63) is 137 Å². The van der Waals surface area contributed by atoms with Gasteiger partial charge in [0, 0.05) is 11.5 Å². The van der Waals surface area contributed by atoms with Crippen LogP contribution in [0.5, 0.6) is 5.75 Å². The molecule has 0 saturated heterocycles. The molecule has 0 saturated carbocycles. The third-order valence-corrected chi connectivity index (χ3v) is 6.74. The summed E-state index contributed by atoms with van der Waals surface area (Å²) in [6, 6.07) is 25.9. The van der Waals surface area contributed by atoms with Crippen molar-refractivity contribution in [2.45, 2.75) is 38.7 Å². The highest BCUT2D eigenvalue weighted by atomic mass is 16.5. The summed E-state index contributed by atoms with van der Waals surface area (Å²) in [4.78, 5) is 0. The van der Waals surface area contributed by atoms with Gasteiger partial charge in [-0.2, -0.15) is 0 Å². The van der Waals surface area contributed by atoms with Crippen molar-refractivity contribution in [3.8, 4) is 5.75 Å². The molecule has 1 heteroatoms. The molecule has 0 bridgehead atoms. The Morgan fingerprint density at radius 2 is 1.73 bits per heavy atom. The monoisotopic (exact) mass is 430 g/mol. The van der Waals surface area contributed by atoms with Gasteiger partial charge in [-0.3, -0.25) is 0 Å². The van der Waals surface area contributed by atoms with Crippen molar-refractivity contribution in [3.63, 3.8) is 0 Å². The second kappa shape index (κ2) is 8.75. The van der Waals surface area contributed by atoms with Crippen LogP contribution >= 0.6 is 0 Å². The zero-order valence-electron chi connectivity index (χ0n) is 19.6. The molecule has 1 nitrogen and oxygen atoms in total. The van der Waals surface area contributed by atoms with E-state index in [2.05, 4.69) is 124 Å². The molecule has 1 heterocycles. The molecule has 0 N–H and O–H groups in total. The third kappa shape index (κ3) is 4.36. The Morgan fingerprint density at radius 3 is 2.52 bits per heavy atom. The molecule has 0 amide bonds. The van der Waals surface area contributed by atoms with Crippen molar-refractivity contribution >= 4 is 11.1 Å². The summed E-state index contributed by atoms with van der Waals surface area (Å²) in [6.07, 6.45) is 14.3. The molecule has 1 aliphatic heterocycles. The Hall–Kier alpha value is -3.58. The maximum atomic E-state index is 6.36. The summed E-state index contributed by atoms with van der Waals surface area (Å²) in [6.45, 7) is 6.47. The first-order valence-corrected chi connectivity index (χ1v) is 11.7. The van der Waals surface area contributed by atoms with Crippen LogP contribution in [0, 0.1) is 6.92 Å². The normalized spacial score (nSPS) is 21.5. The molecule has 3 aromatic carbocycles. The van der Waals surface area contributed by atoms with Gasteiger partial charge < -0.3 is 4.74 Å². The van der Waals surface area contributed by atoms with Crippen LogP contribution in [-0.4, -0.2) is 5.60 Å². The van der Waals surface area contributed by atoms with Crippen LogP contribution in [0.2, 0.25) is 0 Å². The average molecular weight is 431 g/mol. The molecule has 2 aliphatic rings. The van der Waals surface area contributed by atoms with Crippen LogP contribution in [0.4, 0.5) is 0 Å². The minimum atomic E-state index is -0.329. The van der Waals surface area contributed by atoms with Gasteiger partial charge >= 0.3 is 0 Å². The number of hydrogen-bond acceptors (Lipinski definition) is 1. The Balaban J connectivity index is 1.27. The Kier molecular flexibility index (Phi) is 5.64. The van der Waals surface area contributed by atoms with E-state index in [0.29, 0.717) is 0 Å². The first kappa shape index (κ1) is 21.3. The number of hydrogen-bond donors (Lipinski definition) is 0. The Morgan fingerprint density at radius 1 is 0.970 bits per heavy atom. The molecule has 3 aromatic rings. The van der Waals surface area contributed by atoms with E-state index in [9.17, 15) is 0 Å². The van der Waals surface area contributed by atoms with E-state index in [4.69, 9.17) is 4.74 Å². The fourth-order valence-corrected chi connectivity index (χ4v) is 4.75. The highest BCUT2D eigenvalue weighted by molar-refractivity contribution is 5.79. The number of aryl methyl sites for hydroxylation is 1. The van der Waals surface area contributed by atoms with Crippen molar-refractivity contribution in [2.75, 3.05) is 0 Å². The molecule has 2 atom stereocenters. The topological polar surface area (TPSA) is 9.23 Å². The quantitative estimate of drug-likeness (QED) is 0.372. The summed E-state index contributed by atoms with van der Waals surface area (Å²) in [7, 11) is 0. The van der Waals surface area contributed by atoms with E-state index in [0.717, 1.165) is 12.2 Å². The predicted molar refractivity (Wildman–Crippen MR) is 139 cm³/mol. The molecule has 164 valence electrons. The van der Waals surface area contributed by atoms with Gasteiger partial charge in [-0.05, 0) is 67.2 Å². The smallest absolute Gasteiger partial charge is 0.136 e. The number of fused-ring (bicyclic) bond motifs is 3. The number of allylic oxidation sites excluding steroid dienone is 6. The van der Waals surface area contributed by atoms with E-state index in [1.165, 1.54) is 39.0 Å². The van der Waals surface area contributed by atoms with Crippen molar-refractivity contribution in [1.82, 2.24) is 0 Å². The molecule has 33 heavy (non-hydrogen) atoms. The average Bonchev–Trinajstić information content (AvgIpc) is 3.14. The van der Waals surface area contributed by atoms with Gasteiger partial charge in [-0.25, -0.2) is 0 Å². The van der Waals surface area contributed by atoms with Gasteiger partial charge in [0.25, 0.3) is 0 Å². The largest absolute Gasteiger partial charge is 0.482 e. The maximum absolute atomic E-state index is 6.36. The van der Waals surface area contributed by atoms with Gasteiger partial charge in [0.05, 0.1) is 0 Å². The Labute approximate surface area is 197 Å². The van der Waals surface area contributed by atoms with E-state index in [-0.39, 0.29) is 11.5 Å². The van der Waals surface area contributed by atoms with E-state index < -0.39 is 0 Å². The summed E-state index contributed by atoms with van der Waals surface area (Å²) in [5.74, 6) is 1.27. The second-order valence-electron chi connectivity index (χ2n) is 9.31. The minimum Gasteiger partial charge on any atom is -0.482 e. The second-order valence-corrected chi connectivity index (χ2v) is 9.31. The summed E-state index contributed by atoms with van der Waals surface area (Å²) < 4.78 is 6.36. The lowest BCUT2D eigenvalue weighted by atomic mass is 9.79. The lowest BCUT2D eigenvalue weighted by Gasteiger charge is -2.30. The van der Waals surface area contributed by atoms with Gasteiger partial charge in [-0.15, -0.1) is 0 Å².